The molecule has 31 heavy (non-hydrogen) atoms. The van der Waals surface area contributed by atoms with Crippen LogP contribution in [0.3, 0.4) is 0 Å². The summed E-state index contributed by atoms with van der Waals surface area (Å²) in [7, 11) is 1.71. The minimum atomic E-state index is -0.0922. The van der Waals surface area contributed by atoms with E-state index in [2.05, 4.69) is 33.1 Å². The van der Waals surface area contributed by atoms with E-state index in [-0.39, 0.29) is 17.7 Å². The van der Waals surface area contributed by atoms with Crippen molar-refractivity contribution in [2.75, 3.05) is 39.8 Å². The zero-order valence-electron chi connectivity index (χ0n) is 18.0. The molecule has 0 aliphatic carbocycles. The third-order valence-corrected chi connectivity index (χ3v) is 5.33. The number of likely N-dealkylation sites (tertiary alicyclic amines) is 1. The molecule has 0 spiro atoms. The molecule has 2 amide bonds. The first-order valence-electron chi connectivity index (χ1n) is 10.7. The predicted molar refractivity (Wildman–Crippen MR) is 123 cm³/mol. The molecule has 2 aromatic rings. The van der Waals surface area contributed by atoms with Gasteiger partial charge in [-0.05, 0) is 24.1 Å². The fourth-order valence-corrected chi connectivity index (χ4v) is 3.63. The molecule has 0 saturated carbocycles. The van der Waals surface area contributed by atoms with Crippen LogP contribution in [0.25, 0.3) is 0 Å². The molecule has 0 aromatic heterocycles. The molecule has 1 fully saturated rings. The van der Waals surface area contributed by atoms with Crippen LogP contribution in [0.4, 0.5) is 0 Å². The average Bonchev–Trinajstić information content (AvgIpc) is 3.17. The summed E-state index contributed by atoms with van der Waals surface area (Å²) >= 11 is 0. The zero-order valence-corrected chi connectivity index (χ0v) is 18.0. The number of benzene rings is 2. The Bertz CT molecular complexity index is 870. The summed E-state index contributed by atoms with van der Waals surface area (Å²) < 4.78 is 0. The first-order chi connectivity index (χ1) is 15.2. The van der Waals surface area contributed by atoms with Crippen molar-refractivity contribution in [3.8, 4) is 0 Å². The Labute approximate surface area is 183 Å². The third kappa shape index (κ3) is 7.13. The van der Waals surface area contributed by atoms with E-state index >= 15 is 0 Å². The molecule has 1 saturated heterocycles. The van der Waals surface area contributed by atoms with Gasteiger partial charge in [0.05, 0.1) is 0 Å². The molecule has 1 aliphatic heterocycles. The highest BCUT2D eigenvalue weighted by atomic mass is 16.2. The van der Waals surface area contributed by atoms with Crippen LogP contribution in [0.5, 0.6) is 0 Å². The van der Waals surface area contributed by atoms with Gasteiger partial charge in [-0.3, -0.25) is 14.6 Å². The summed E-state index contributed by atoms with van der Waals surface area (Å²) in [4.78, 5) is 30.5. The molecule has 2 aromatic carbocycles. The maximum absolute atomic E-state index is 12.3. The van der Waals surface area contributed by atoms with Crippen molar-refractivity contribution in [2.45, 2.75) is 12.8 Å². The molecule has 7 nitrogen and oxygen atoms in total. The molecule has 1 unspecified atom stereocenters. The molecule has 7 heteroatoms. The molecular weight excluding hydrogens is 390 g/mol. The molecule has 1 atom stereocenters. The van der Waals surface area contributed by atoms with E-state index in [4.69, 9.17) is 0 Å². The maximum atomic E-state index is 12.3. The number of amides is 2. The standard InChI is InChI=1S/C24H31N5O2/c1-25-24(27-14-13-26-23(31)21-10-6-3-7-11-21)28-17-20-16-22(30)29(18-20)15-12-19-8-4-2-5-9-19/h2-11,20H,12-18H2,1H3,(H,26,31)(H2,25,27,28). The van der Waals surface area contributed by atoms with Crippen molar-refractivity contribution in [2.24, 2.45) is 10.9 Å². The second-order valence-electron chi connectivity index (χ2n) is 7.65. The zero-order chi connectivity index (χ0) is 21.9. The second kappa shape index (κ2) is 11.7. The van der Waals surface area contributed by atoms with Gasteiger partial charge in [-0.1, -0.05) is 48.5 Å². The summed E-state index contributed by atoms with van der Waals surface area (Å²) in [6.07, 6.45) is 1.44. The highest BCUT2D eigenvalue weighted by Crippen LogP contribution is 2.17. The van der Waals surface area contributed by atoms with E-state index in [1.165, 1.54) is 5.56 Å². The molecule has 0 radical (unpaired) electrons. The smallest absolute Gasteiger partial charge is 0.251 e. The van der Waals surface area contributed by atoms with Gasteiger partial charge in [0, 0.05) is 57.7 Å². The Kier molecular flexibility index (Phi) is 8.46. The molecule has 3 N–H and O–H groups in total. The highest BCUT2D eigenvalue weighted by Gasteiger charge is 2.29. The molecule has 0 bridgehead atoms. The number of nitrogens with one attached hydrogen (secondary N) is 3. The Hall–Kier alpha value is -3.35. The van der Waals surface area contributed by atoms with Crippen LogP contribution in [-0.4, -0.2) is 62.4 Å². The van der Waals surface area contributed by atoms with E-state index < -0.39 is 0 Å². The van der Waals surface area contributed by atoms with Crippen molar-refractivity contribution in [1.82, 2.24) is 20.9 Å². The third-order valence-electron chi connectivity index (χ3n) is 5.33. The van der Waals surface area contributed by atoms with Crippen LogP contribution in [0.1, 0.15) is 22.3 Å². The monoisotopic (exact) mass is 421 g/mol. The normalized spacial score (nSPS) is 16.3. The number of hydrogen-bond donors (Lipinski definition) is 3. The SMILES string of the molecule is CN=C(NCCNC(=O)c1ccccc1)NCC1CC(=O)N(CCc2ccccc2)C1. The van der Waals surface area contributed by atoms with Crippen LogP contribution in [0, 0.1) is 5.92 Å². The van der Waals surface area contributed by atoms with E-state index in [1.807, 2.05) is 41.3 Å². The van der Waals surface area contributed by atoms with Gasteiger partial charge < -0.3 is 20.9 Å². The number of carbonyl (C=O) groups is 2. The molecule has 3 rings (SSSR count). The minimum absolute atomic E-state index is 0.0922. The Morgan fingerprint density at radius 2 is 1.68 bits per heavy atom. The Morgan fingerprint density at radius 1 is 1.00 bits per heavy atom. The predicted octanol–water partition coefficient (Wildman–Crippen LogP) is 1.67. The number of guanidine groups is 1. The van der Waals surface area contributed by atoms with Crippen molar-refractivity contribution in [3.63, 3.8) is 0 Å². The molecule has 1 heterocycles. The Balaban J connectivity index is 1.33. The van der Waals surface area contributed by atoms with Crippen molar-refractivity contribution in [1.29, 1.82) is 0 Å². The lowest BCUT2D eigenvalue weighted by atomic mass is 10.1. The number of aliphatic imine (C=N–C) groups is 1. The van der Waals surface area contributed by atoms with Crippen molar-refractivity contribution >= 4 is 17.8 Å². The summed E-state index contributed by atoms with van der Waals surface area (Å²) in [5, 5.41) is 9.37. The van der Waals surface area contributed by atoms with Crippen LogP contribution in [0.15, 0.2) is 65.7 Å². The first kappa shape index (κ1) is 22.3. The van der Waals surface area contributed by atoms with E-state index in [0.717, 1.165) is 19.5 Å². The fraction of sp³-hybridized carbons (Fsp3) is 0.375. The molecule has 164 valence electrons. The lowest BCUT2D eigenvalue weighted by molar-refractivity contribution is -0.127. The van der Waals surface area contributed by atoms with Crippen LogP contribution >= 0.6 is 0 Å². The van der Waals surface area contributed by atoms with Gasteiger partial charge in [-0.25, -0.2) is 0 Å². The van der Waals surface area contributed by atoms with Gasteiger partial charge in [0.15, 0.2) is 5.96 Å². The van der Waals surface area contributed by atoms with Crippen LogP contribution < -0.4 is 16.0 Å². The second-order valence-corrected chi connectivity index (χ2v) is 7.65. The number of carbonyl (C=O) groups excluding carboxylic acids is 2. The summed E-state index contributed by atoms with van der Waals surface area (Å²) in [6.45, 7) is 3.26. The summed E-state index contributed by atoms with van der Waals surface area (Å²) in [5.41, 5.74) is 1.90. The number of nitrogens with zero attached hydrogens (tertiary/aromatic N) is 2. The largest absolute Gasteiger partial charge is 0.356 e. The van der Waals surface area contributed by atoms with Crippen molar-refractivity contribution in [3.05, 3.63) is 71.8 Å². The number of rotatable bonds is 9. The van der Waals surface area contributed by atoms with Gasteiger partial charge >= 0.3 is 0 Å². The van der Waals surface area contributed by atoms with Gasteiger partial charge in [0.2, 0.25) is 5.91 Å². The molecular formula is C24H31N5O2. The topological polar surface area (TPSA) is 85.8 Å². The van der Waals surface area contributed by atoms with E-state index in [0.29, 0.717) is 37.6 Å². The van der Waals surface area contributed by atoms with E-state index in [9.17, 15) is 9.59 Å². The summed E-state index contributed by atoms with van der Waals surface area (Å²) in [5.74, 6) is 1.06. The Morgan fingerprint density at radius 3 is 2.39 bits per heavy atom. The lowest BCUT2D eigenvalue weighted by Gasteiger charge is -2.18. The quantitative estimate of drug-likeness (QED) is 0.327. The van der Waals surface area contributed by atoms with Gasteiger partial charge in [0.25, 0.3) is 5.91 Å². The minimum Gasteiger partial charge on any atom is -0.356 e. The van der Waals surface area contributed by atoms with Crippen LogP contribution in [0.2, 0.25) is 0 Å². The maximum Gasteiger partial charge on any atom is 0.251 e. The fourth-order valence-electron chi connectivity index (χ4n) is 3.63. The highest BCUT2D eigenvalue weighted by molar-refractivity contribution is 5.94. The first-order valence-corrected chi connectivity index (χ1v) is 10.7. The lowest BCUT2D eigenvalue weighted by Crippen LogP contribution is -2.43. The van der Waals surface area contributed by atoms with Gasteiger partial charge in [-0.2, -0.15) is 0 Å². The number of hydrogen-bond acceptors (Lipinski definition) is 3. The van der Waals surface area contributed by atoms with Crippen molar-refractivity contribution < 1.29 is 9.59 Å². The van der Waals surface area contributed by atoms with Crippen LogP contribution in [-0.2, 0) is 11.2 Å². The summed E-state index contributed by atoms with van der Waals surface area (Å²) in [6, 6.07) is 19.4. The van der Waals surface area contributed by atoms with E-state index in [1.54, 1.807) is 19.2 Å². The van der Waals surface area contributed by atoms with Gasteiger partial charge in [0.1, 0.15) is 0 Å². The van der Waals surface area contributed by atoms with Gasteiger partial charge in [-0.15, -0.1) is 0 Å². The molecule has 1 aliphatic rings. The average molecular weight is 422 g/mol.